The molecule has 2 unspecified atom stereocenters. The van der Waals surface area contributed by atoms with E-state index in [0.717, 1.165) is 5.56 Å². The first-order chi connectivity index (χ1) is 7.56. The molecule has 0 spiro atoms. The molecule has 1 aliphatic rings. The van der Waals surface area contributed by atoms with E-state index in [0.29, 0.717) is 22.9 Å². The van der Waals surface area contributed by atoms with Crippen LogP contribution in [0.1, 0.15) is 24.4 Å². The van der Waals surface area contributed by atoms with Crippen molar-refractivity contribution in [1.29, 1.82) is 0 Å². The zero-order valence-corrected chi connectivity index (χ0v) is 10.1. The lowest BCUT2D eigenvalue weighted by Crippen LogP contribution is -2.45. The Balaban J connectivity index is 2.31. The number of nitrogens with one attached hydrogen (secondary N) is 1. The van der Waals surface area contributed by atoms with E-state index in [1.165, 1.54) is 0 Å². The van der Waals surface area contributed by atoms with Gasteiger partial charge in [-0.25, -0.2) is 0 Å². The molecule has 2 rings (SSSR count). The smallest absolute Gasteiger partial charge is 0.220 e. The third kappa shape index (κ3) is 2.48. The Morgan fingerprint density at radius 1 is 1.25 bits per heavy atom. The van der Waals surface area contributed by atoms with E-state index in [2.05, 4.69) is 5.32 Å². The first kappa shape index (κ1) is 11.7. The molecule has 0 bridgehead atoms. The Morgan fingerprint density at radius 3 is 2.50 bits per heavy atom. The lowest BCUT2D eigenvalue weighted by atomic mass is 9.93. The number of halogens is 2. The van der Waals surface area contributed by atoms with Crippen LogP contribution in [0.3, 0.4) is 0 Å². The summed E-state index contributed by atoms with van der Waals surface area (Å²) in [5, 5.41) is 3.96. The topological polar surface area (TPSA) is 55.1 Å². The summed E-state index contributed by atoms with van der Waals surface area (Å²) in [6.45, 7) is 0. The van der Waals surface area contributed by atoms with E-state index in [9.17, 15) is 4.79 Å². The van der Waals surface area contributed by atoms with E-state index >= 15 is 0 Å². The second-order valence-corrected chi connectivity index (χ2v) is 4.82. The number of hydrogen-bond acceptors (Lipinski definition) is 2. The number of carbonyl (C=O) groups excluding carboxylic acids is 1. The van der Waals surface area contributed by atoms with Crippen molar-refractivity contribution < 1.29 is 4.79 Å². The highest BCUT2D eigenvalue weighted by atomic mass is 35.5. The van der Waals surface area contributed by atoms with Crippen molar-refractivity contribution in [2.45, 2.75) is 24.9 Å². The van der Waals surface area contributed by atoms with Crippen molar-refractivity contribution in [3.05, 3.63) is 33.8 Å². The Labute approximate surface area is 104 Å². The molecule has 0 radical (unpaired) electrons. The highest BCUT2D eigenvalue weighted by Gasteiger charge is 2.27. The van der Waals surface area contributed by atoms with Crippen molar-refractivity contribution in [1.82, 2.24) is 5.32 Å². The standard InChI is InChI=1S/C11H12Cl2N2O/c12-7-3-6(4-8(13)5-7)11-9(14)1-2-10(16)15-11/h3-5,9,11H,1-2,14H2,(H,15,16). The van der Waals surface area contributed by atoms with Crippen LogP contribution in [0, 0.1) is 0 Å². The summed E-state index contributed by atoms with van der Waals surface area (Å²) in [4.78, 5) is 11.3. The van der Waals surface area contributed by atoms with E-state index in [1.807, 2.05) is 0 Å². The minimum atomic E-state index is -0.197. The molecule has 86 valence electrons. The summed E-state index contributed by atoms with van der Waals surface area (Å²) in [6.07, 6.45) is 1.16. The lowest BCUT2D eigenvalue weighted by Gasteiger charge is -2.30. The Bertz CT molecular complexity index is 402. The number of carbonyl (C=O) groups is 1. The zero-order chi connectivity index (χ0) is 11.7. The largest absolute Gasteiger partial charge is 0.348 e. The van der Waals surface area contributed by atoms with Gasteiger partial charge >= 0.3 is 0 Å². The molecule has 1 amide bonds. The fourth-order valence-electron chi connectivity index (χ4n) is 1.90. The first-order valence-corrected chi connectivity index (χ1v) is 5.83. The van der Waals surface area contributed by atoms with Crippen LogP contribution < -0.4 is 11.1 Å². The van der Waals surface area contributed by atoms with Crippen LogP contribution in [0.15, 0.2) is 18.2 Å². The summed E-state index contributed by atoms with van der Waals surface area (Å²) >= 11 is 11.8. The van der Waals surface area contributed by atoms with Gasteiger partial charge < -0.3 is 11.1 Å². The number of benzene rings is 1. The molecular weight excluding hydrogens is 247 g/mol. The van der Waals surface area contributed by atoms with Gasteiger partial charge in [-0.15, -0.1) is 0 Å². The third-order valence-corrected chi connectivity index (χ3v) is 3.13. The van der Waals surface area contributed by atoms with Crippen molar-refractivity contribution in [3.8, 4) is 0 Å². The van der Waals surface area contributed by atoms with Gasteiger partial charge in [0.2, 0.25) is 5.91 Å². The van der Waals surface area contributed by atoms with Crippen molar-refractivity contribution in [3.63, 3.8) is 0 Å². The van der Waals surface area contributed by atoms with Gasteiger partial charge in [0.05, 0.1) is 6.04 Å². The predicted octanol–water partition coefficient (Wildman–Crippen LogP) is 2.27. The molecule has 1 aliphatic heterocycles. The number of rotatable bonds is 1. The summed E-state index contributed by atoms with van der Waals surface area (Å²) in [7, 11) is 0. The van der Waals surface area contributed by atoms with Crippen LogP contribution in [0.4, 0.5) is 0 Å². The number of amides is 1. The molecule has 1 saturated heterocycles. The fraction of sp³-hybridized carbons (Fsp3) is 0.364. The van der Waals surface area contributed by atoms with Gasteiger partial charge in [0.15, 0.2) is 0 Å². The average Bonchev–Trinajstić information content (AvgIpc) is 2.20. The van der Waals surface area contributed by atoms with E-state index in [4.69, 9.17) is 28.9 Å². The van der Waals surface area contributed by atoms with Crippen LogP contribution >= 0.6 is 23.2 Å². The molecule has 1 heterocycles. The molecule has 2 atom stereocenters. The second-order valence-electron chi connectivity index (χ2n) is 3.95. The second kappa shape index (κ2) is 4.62. The fourth-order valence-corrected chi connectivity index (χ4v) is 2.45. The molecule has 0 saturated carbocycles. The molecule has 3 nitrogen and oxygen atoms in total. The van der Waals surface area contributed by atoms with Crippen molar-refractivity contribution in [2.24, 2.45) is 5.73 Å². The number of nitrogens with two attached hydrogens (primary N) is 1. The van der Waals surface area contributed by atoms with Crippen molar-refractivity contribution in [2.75, 3.05) is 0 Å². The zero-order valence-electron chi connectivity index (χ0n) is 8.54. The minimum Gasteiger partial charge on any atom is -0.348 e. The third-order valence-electron chi connectivity index (χ3n) is 2.69. The van der Waals surface area contributed by atoms with Gasteiger partial charge in [0, 0.05) is 22.5 Å². The summed E-state index contributed by atoms with van der Waals surface area (Å²) in [5.41, 5.74) is 6.83. The van der Waals surface area contributed by atoms with Crippen LogP contribution in [0.25, 0.3) is 0 Å². The van der Waals surface area contributed by atoms with Crippen LogP contribution in [-0.4, -0.2) is 11.9 Å². The lowest BCUT2D eigenvalue weighted by molar-refractivity contribution is -0.123. The van der Waals surface area contributed by atoms with Gasteiger partial charge in [-0.2, -0.15) is 0 Å². The molecule has 3 N–H and O–H groups in total. The molecule has 1 fully saturated rings. The molecule has 1 aromatic rings. The molecule has 16 heavy (non-hydrogen) atoms. The summed E-state index contributed by atoms with van der Waals surface area (Å²) in [5.74, 6) is 0.0165. The van der Waals surface area contributed by atoms with E-state index < -0.39 is 0 Å². The molecular formula is C11H12Cl2N2O. The molecule has 0 aliphatic carbocycles. The molecule has 5 heteroatoms. The predicted molar refractivity (Wildman–Crippen MR) is 64.6 cm³/mol. The Morgan fingerprint density at radius 2 is 1.88 bits per heavy atom. The van der Waals surface area contributed by atoms with Crippen molar-refractivity contribution >= 4 is 29.1 Å². The monoisotopic (exact) mass is 258 g/mol. The normalized spacial score (nSPS) is 25.3. The van der Waals surface area contributed by atoms with Crippen LogP contribution in [0.2, 0.25) is 10.0 Å². The minimum absolute atomic E-state index is 0.0165. The number of piperidine rings is 1. The highest BCUT2D eigenvalue weighted by molar-refractivity contribution is 6.34. The maximum absolute atomic E-state index is 11.3. The van der Waals surface area contributed by atoms with Crippen LogP contribution in [0.5, 0.6) is 0 Å². The summed E-state index contributed by atoms with van der Waals surface area (Å²) in [6, 6.07) is 4.93. The van der Waals surface area contributed by atoms with E-state index in [1.54, 1.807) is 18.2 Å². The van der Waals surface area contributed by atoms with E-state index in [-0.39, 0.29) is 18.0 Å². The first-order valence-electron chi connectivity index (χ1n) is 5.07. The van der Waals surface area contributed by atoms with Gasteiger partial charge in [0.1, 0.15) is 0 Å². The SMILES string of the molecule is NC1CCC(=O)NC1c1cc(Cl)cc(Cl)c1. The quantitative estimate of drug-likeness (QED) is 0.812. The Hall–Kier alpha value is -0.770. The number of hydrogen-bond donors (Lipinski definition) is 2. The van der Waals surface area contributed by atoms with Gasteiger partial charge in [-0.1, -0.05) is 23.2 Å². The average molecular weight is 259 g/mol. The van der Waals surface area contributed by atoms with Crippen LogP contribution in [-0.2, 0) is 4.79 Å². The summed E-state index contributed by atoms with van der Waals surface area (Å²) < 4.78 is 0. The van der Waals surface area contributed by atoms with Gasteiger partial charge in [0.25, 0.3) is 0 Å². The Kier molecular flexibility index (Phi) is 3.38. The maximum Gasteiger partial charge on any atom is 0.220 e. The maximum atomic E-state index is 11.3. The van der Waals surface area contributed by atoms with Gasteiger partial charge in [-0.3, -0.25) is 4.79 Å². The molecule has 1 aromatic carbocycles. The molecule has 0 aromatic heterocycles. The highest BCUT2D eigenvalue weighted by Crippen LogP contribution is 2.27. The van der Waals surface area contributed by atoms with Gasteiger partial charge in [-0.05, 0) is 30.2 Å².